The lowest BCUT2D eigenvalue weighted by Crippen LogP contribution is -2.45. The smallest absolute Gasteiger partial charge is 0.324 e. The SMILES string of the molecule is CCOCCN(C)C(=O)N(CC(=O)O)c1cccc(Cl)c1. The number of anilines is 1. The molecule has 0 spiro atoms. The van der Waals surface area contributed by atoms with Crippen molar-refractivity contribution < 1.29 is 19.4 Å². The number of urea groups is 1. The van der Waals surface area contributed by atoms with Crippen molar-refractivity contribution in [2.45, 2.75) is 6.92 Å². The number of rotatable bonds is 7. The van der Waals surface area contributed by atoms with E-state index in [0.29, 0.717) is 30.5 Å². The summed E-state index contributed by atoms with van der Waals surface area (Å²) in [4.78, 5) is 25.9. The van der Waals surface area contributed by atoms with Crippen LogP contribution >= 0.6 is 11.6 Å². The molecule has 0 radical (unpaired) electrons. The Kier molecular flexibility index (Phi) is 6.98. The van der Waals surface area contributed by atoms with E-state index in [-0.39, 0.29) is 0 Å². The fraction of sp³-hybridized carbons (Fsp3) is 0.429. The van der Waals surface area contributed by atoms with E-state index in [1.807, 2.05) is 6.92 Å². The number of hydrogen-bond acceptors (Lipinski definition) is 3. The number of halogens is 1. The second-order valence-electron chi connectivity index (χ2n) is 4.36. The van der Waals surface area contributed by atoms with Gasteiger partial charge in [-0.1, -0.05) is 17.7 Å². The van der Waals surface area contributed by atoms with E-state index in [1.165, 1.54) is 9.80 Å². The second kappa shape index (κ2) is 8.49. The number of carbonyl (C=O) groups is 2. The number of carboxylic acid groups (broad SMARTS) is 1. The number of carbonyl (C=O) groups excluding carboxylic acids is 1. The summed E-state index contributed by atoms with van der Waals surface area (Å²) < 4.78 is 5.19. The van der Waals surface area contributed by atoms with Crippen molar-refractivity contribution in [3.63, 3.8) is 0 Å². The molecule has 1 aromatic rings. The minimum Gasteiger partial charge on any atom is -0.480 e. The normalized spacial score (nSPS) is 10.2. The molecule has 6 nitrogen and oxygen atoms in total. The molecule has 1 rings (SSSR count). The Balaban J connectivity index is 2.86. The number of benzene rings is 1. The number of carboxylic acids is 1. The first-order valence-electron chi connectivity index (χ1n) is 6.53. The van der Waals surface area contributed by atoms with Gasteiger partial charge in [0.2, 0.25) is 0 Å². The summed E-state index contributed by atoms with van der Waals surface area (Å²) in [5.41, 5.74) is 0.443. The van der Waals surface area contributed by atoms with Crippen molar-refractivity contribution in [3.05, 3.63) is 29.3 Å². The van der Waals surface area contributed by atoms with E-state index in [1.54, 1.807) is 31.3 Å². The third kappa shape index (κ3) is 5.61. The minimum atomic E-state index is -1.10. The minimum absolute atomic E-state index is 0.378. The van der Waals surface area contributed by atoms with Crippen LogP contribution in [0.15, 0.2) is 24.3 Å². The topological polar surface area (TPSA) is 70.1 Å². The van der Waals surface area contributed by atoms with Gasteiger partial charge in [0, 0.05) is 30.9 Å². The fourth-order valence-electron chi connectivity index (χ4n) is 1.70. The van der Waals surface area contributed by atoms with Crippen LogP contribution in [0.25, 0.3) is 0 Å². The maximum Gasteiger partial charge on any atom is 0.324 e. The highest BCUT2D eigenvalue weighted by molar-refractivity contribution is 6.30. The number of ether oxygens (including phenoxy) is 1. The fourth-order valence-corrected chi connectivity index (χ4v) is 1.88. The Labute approximate surface area is 128 Å². The van der Waals surface area contributed by atoms with Gasteiger partial charge in [0.05, 0.1) is 6.61 Å². The third-order valence-corrected chi connectivity index (χ3v) is 2.98. The van der Waals surface area contributed by atoms with Crippen molar-refractivity contribution in [1.82, 2.24) is 4.90 Å². The van der Waals surface area contributed by atoms with Gasteiger partial charge in [-0.15, -0.1) is 0 Å². The molecule has 0 bridgehead atoms. The van der Waals surface area contributed by atoms with E-state index >= 15 is 0 Å². The lowest BCUT2D eigenvalue weighted by molar-refractivity contribution is -0.135. The van der Waals surface area contributed by atoms with E-state index in [2.05, 4.69) is 0 Å². The number of aliphatic carboxylic acids is 1. The number of nitrogens with zero attached hydrogens (tertiary/aromatic N) is 2. The van der Waals surface area contributed by atoms with Crippen LogP contribution in [0.4, 0.5) is 10.5 Å². The molecule has 7 heteroatoms. The Morgan fingerprint density at radius 3 is 2.67 bits per heavy atom. The van der Waals surface area contributed by atoms with Crippen molar-refractivity contribution in [2.24, 2.45) is 0 Å². The Morgan fingerprint density at radius 2 is 2.10 bits per heavy atom. The molecule has 0 fully saturated rings. The summed E-state index contributed by atoms with van der Waals surface area (Å²) in [7, 11) is 1.60. The Bertz CT molecular complexity index is 496. The van der Waals surface area contributed by atoms with E-state index in [4.69, 9.17) is 21.4 Å². The second-order valence-corrected chi connectivity index (χ2v) is 4.80. The summed E-state index contributed by atoms with van der Waals surface area (Å²) in [6.07, 6.45) is 0. The predicted octanol–water partition coefficient (Wildman–Crippen LogP) is 2.32. The lowest BCUT2D eigenvalue weighted by Gasteiger charge is -2.27. The van der Waals surface area contributed by atoms with Gasteiger partial charge in [0.25, 0.3) is 0 Å². The molecular weight excluding hydrogens is 296 g/mol. The van der Waals surface area contributed by atoms with Crippen molar-refractivity contribution in [3.8, 4) is 0 Å². The predicted molar refractivity (Wildman–Crippen MR) is 81.0 cm³/mol. The lowest BCUT2D eigenvalue weighted by atomic mass is 10.3. The summed E-state index contributed by atoms with van der Waals surface area (Å²) in [6.45, 7) is 2.77. The van der Waals surface area contributed by atoms with Crippen LogP contribution in [0.1, 0.15) is 6.92 Å². The molecule has 0 aromatic heterocycles. The quantitative estimate of drug-likeness (QED) is 0.784. The van der Waals surface area contributed by atoms with Crippen LogP contribution in [0, 0.1) is 0 Å². The molecule has 0 aliphatic heterocycles. The summed E-state index contributed by atoms with van der Waals surface area (Å²) in [5, 5.41) is 9.43. The molecule has 0 aliphatic rings. The molecule has 1 aromatic carbocycles. The van der Waals surface area contributed by atoms with Crippen LogP contribution in [-0.4, -0.2) is 55.4 Å². The molecule has 0 unspecified atom stereocenters. The van der Waals surface area contributed by atoms with Crippen LogP contribution < -0.4 is 4.90 Å². The van der Waals surface area contributed by atoms with Crippen molar-refractivity contribution in [1.29, 1.82) is 0 Å². The zero-order chi connectivity index (χ0) is 15.8. The first-order valence-corrected chi connectivity index (χ1v) is 6.91. The highest BCUT2D eigenvalue weighted by atomic mass is 35.5. The molecule has 0 heterocycles. The number of likely N-dealkylation sites (N-methyl/N-ethyl adjacent to an activating group) is 1. The summed E-state index contributed by atoms with van der Waals surface area (Å²) in [5.74, 6) is -1.10. The van der Waals surface area contributed by atoms with Gasteiger partial charge >= 0.3 is 12.0 Å². The van der Waals surface area contributed by atoms with Gasteiger partial charge in [-0.05, 0) is 25.1 Å². The summed E-state index contributed by atoms with van der Waals surface area (Å²) in [6, 6.07) is 6.11. The molecule has 1 N–H and O–H groups in total. The molecule has 0 saturated carbocycles. The molecule has 21 heavy (non-hydrogen) atoms. The molecule has 0 saturated heterocycles. The van der Waals surface area contributed by atoms with Gasteiger partial charge in [0.15, 0.2) is 0 Å². The highest BCUT2D eigenvalue weighted by Crippen LogP contribution is 2.20. The Hall–Kier alpha value is -1.79. The average Bonchev–Trinajstić information content (AvgIpc) is 2.44. The van der Waals surface area contributed by atoms with Gasteiger partial charge in [0.1, 0.15) is 6.54 Å². The largest absolute Gasteiger partial charge is 0.480 e. The maximum absolute atomic E-state index is 12.4. The first-order chi connectivity index (χ1) is 9.95. The van der Waals surface area contributed by atoms with E-state index in [9.17, 15) is 9.59 Å². The van der Waals surface area contributed by atoms with Gasteiger partial charge in [-0.3, -0.25) is 9.69 Å². The monoisotopic (exact) mass is 314 g/mol. The van der Waals surface area contributed by atoms with Gasteiger partial charge < -0.3 is 14.7 Å². The van der Waals surface area contributed by atoms with Crippen LogP contribution in [0.2, 0.25) is 5.02 Å². The standard InChI is InChI=1S/C14H19ClN2O4/c1-3-21-8-7-16(2)14(20)17(10-13(18)19)12-6-4-5-11(15)9-12/h4-6,9H,3,7-8,10H2,1-2H3,(H,18,19). The maximum atomic E-state index is 12.4. The highest BCUT2D eigenvalue weighted by Gasteiger charge is 2.22. The van der Waals surface area contributed by atoms with Gasteiger partial charge in [-0.25, -0.2) is 4.79 Å². The van der Waals surface area contributed by atoms with Crippen molar-refractivity contribution >= 4 is 29.3 Å². The van der Waals surface area contributed by atoms with E-state index in [0.717, 1.165) is 0 Å². The van der Waals surface area contributed by atoms with Crippen LogP contribution in [0.3, 0.4) is 0 Å². The summed E-state index contributed by atoms with van der Waals surface area (Å²) >= 11 is 5.89. The molecule has 116 valence electrons. The van der Waals surface area contributed by atoms with Crippen LogP contribution in [0.5, 0.6) is 0 Å². The first kappa shape index (κ1) is 17.3. The number of amides is 2. The van der Waals surface area contributed by atoms with Gasteiger partial charge in [-0.2, -0.15) is 0 Å². The number of hydrogen-bond donors (Lipinski definition) is 1. The molecule has 0 atom stereocenters. The zero-order valence-electron chi connectivity index (χ0n) is 12.1. The molecular formula is C14H19ClN2O4. The molecule has 0 aliphatic carbocycles. The van der Waals surface area contributed by atoms with E-state index < -0.39 is 18.5 Å². The average molecular weight is 315 g/mol. The van der Waals surface area contributed by atoms with Crippen LogP contribution in [-0.2, 0) is 9.53 Å². The Morgan fingerprint density at radius 1 is 1.38 bits per heavy atom. The third-order valence-electron chi connectivity index (χ3n) is 2.75. The zero-order valence-corrected chi connectivity index (χ0v) is 12.8. The molecule has 2 amide bonds. The van der Waals surface area contributed by atoms with Crippen molar-refractivity contribution in [2.75, 3.05) is 38.3 Å².